The molecule has 0 saturated carbocycles. The van der Waals surface area contributed by atoms with Gasteiger partial charge in [0.25, 0.3) is 0 Å². The first-order valence-electron chi connectivity index (χ1n) is 8.91. The Bertz CT molecular complexity index is 909. The van der Waals surface area contributed by atoms with E-state index in [1.807, 2.05) is 48.5 Å². The first-order valence-corrected chi connectivity index (χ1v) is 9.29. The number of H-pyrrole nitrogens is 1. The van der Waals surface area contributed by atoms with Crippen LogP contribution in [0.2, 0.25) is 5.02 Å². The Hall–Kier alpha value is -2.53. The topological polar surface area (TPSA) is 61.0 Å². The Balaban J connectivity index is 1.42. The molecule has 1 fully saturated rings. The highest BCUT2D eigenvalue weighted by Crippen LogP contribution is 2.25. The summed E-state index contributed by atoms with van der Waals surface area (Å²) in [6.45, 7) is 2.14. The van der Waals surface area contributed by atoms with Crippen LogP contribution < -0.4 is 10.2 Å². The van der Waals surface area contributed by atoms with Gasteiger partial charge in [0, 0.05) is 24.7 Å². The number of carbonyl (C=O) groups excluding carboxylic acids is 1. The number of hydrogen-bond acceptors (Lipinski definition) is 3. The van der Waals surface area contributed by atoms with Crippen LogP contribution in [0.1, 0.15) is 18.4 Å². The van der Waals surface area contributed by atoms with Crippen molar-refractivity contribution in [2.45, 2.75) is 19.4 Å². The number of nitrogens with one attached hydrogen (secondary N) is 2. The summed E-state index contributed by atoms with van der Waals surface area (Å²) in [6, 6.07) is 15.6. The van der Waals surface area contributed by atoms with Crippen LogP contribution in [0.5, 0.6) is 0 Å². The third-order valence-electron chi connectivity index (χ3n) is 4.83. The zero-order valence-electron chi connectivity index (χ0n) is 14.4. The first-order chi connectivity index (χ1) is 12.7. The number of piperidine rings is 1. The summed E-state index contributed by atoms with van der Waals surface area (Å²) in [6.07, 6.45) is 1.88. The summed E-state index contributed by atoms with van der Waals surface area (Å²) >= 11 is 6.05. The summed E-state index contributed by atoms with van der Waals surface area (Å²) < 4.78 is 0. The van der Waals surface area contributed by atoms with E-state index in [4.69, 9.17) is 11.6 Å². The second-order valence-corrected chi connectivity index (χ2v) is 7.15. The fourth-order valence-corrected chi connectivity index (χ4v) is 3.60. The summed E-state index contributed by atoms with van der Waals surface area (Å²) in [7, 11) is 0. The Morgan fingerprint density at radius 1 is 1.27 bits per heavy atom. The van der Waals surface area contributed by atoms with Crippen molar-refractivity contribution >= 4 is 34.5 Å². The number of aromatic nitrogens is 2. The van der Waals surface area contributed by atoms with E-state index in [0.29, 0.717) is 18.1 Å². The molecule has 134 valence electrons. The number of carbonyl (C=O) groups is 1. The number of nitrogens with zero attached hydrogens (tertiary/aromatic N) is 2. The molecule has 0 aliphatic carbocycles. The molecule has 6 heteroatoms. The maximum absolute atomic E-state index is 12.6. The van der Waals surface area contributed by atoms with Gasteiger partial charge in [-0.05, 0) is 36.6 Å². The van der Waals surface area contributed by atoms with E-state index in [1.165, 1.54) is 0 Å². The lowest BCUT2D eigenvalue weighted by Gasteiger charge is -2.31. The maximum atomic E-state index is 12.6. The smallest absolute Gasteiger partial charge is 0.225 e. The Morgan fingerprint density at radius 3 is 2.96 bits per heavy atom. The average Bonchev–Trinajstić information content (AvgIpc) is 3.10. The fraction of sp³-hybridized carbons (Fsp3) is 0.300. The number of hydrogen-bond donors (Lipinski definition) is 2. The van der Waals surface area contributed by atoms with E-state index in [1.54, 1.807) is 0 Å². The highest BCUT2D eigenvalue weighted by Gasteiger charge is 2.27. The summed E-state index contributed by atoms with van der Waals surface area (Å²) in [5, 5.41) is 3.75. The third-order valence-corrected chi connectivity index (χ3v) is 5.07. The van der Waals surface area contributed by atoms with Gasteiger partial charge in [-0.3, -0.25) is 4.79 Å². The highest BCUT2D eigenvalue weighted by atomic mass is 35.5. The van der Waals surface area contributed by atoms with Crippen LogP contribution in [-0.4, -0.2) is 29.0 Å². The van der Waals surface area contributed by atoms with Gasteiger partial charge >= 0.3 is 0 Å². The molecule has 1 amide bonds. The van der Waals surface area contributed by atoms with Gasteiger partial charge in [0.2, 0.25) is 11.9 Å². The average molecular weight is 369 g/mol. The van der Waals surface area contributed by atoms with Crippen LogP contribution in [0.4, 0.5) is 5.95 Å². The van der Waals surface area contributed by atoms with Crippen molar-refractivity contribution in [2.24, 2.45) is 5.92 Å². The number of imidazole rings is 1. The largest absolute Gasteiger partial charge is 0.352 e. The molecule has 2 N–H and O–H groups in total. The lowest BCUT2D eigenvalue weighted by molar-refractivity contribution is -0.125. The van der Waals surface area contributed by atoms with Gasteiger partial charge in [-0.2, -0.15) is 0 Å². The van der Waals surface area contributed by atoms with Crippen LogP contribution in [0.15, 0.2) is 48.5 Å². The molecule has 0 radical (unpaired) electrons. The monoisotopic (exact) mass is 368 g/mol. The quantitative estimate of drug-likeness (QED) is 0.737. The van der Waals surface area contributed by atoms with Gasteiger partial charge in [-0.1, -0.05) is 41.9 Å². The van der Waals surface area contributed by atoms with E-state index in [2.05, 4.69) is 20.2 Å². The van der Waals surface area contributed by atoms with E-state index < -0.39 is 0 Å². The van der Waals surface area contributed by atoms with Crippen LogP contribution in [-0.2, 0) is 11.3 Å². The molecule has 1 saturated heterocycles. The predicted molar refractivity (Wildman–Crippen MR) is 104 cm³/mol. The van der Waals surface area contributed by atoms with Crippen molar-refractivity contribution in [3.8, 4) is 0 Å². The molecule has 0 bridgehead atoms. The minimum atomic E-state index is -0.0238. The van der Waals surface area contributed by atoms with Gasteiger partial charge in [0.05, 0.1) is 17.0 Å². The molecular formula is C20H21ClN4O. The molecule has 26 heavy (non-hydrogen) atoms. The van der Waals surface area contributed by atoms with E-state index in [9.17, 15) is 4.79 Å². The van der Waals surface area contributed by atoms with Crippen molar-refractivity contribution in [1.29, 1.82) is 0 Å². The SMILES string of the molecule is O=C(NCc1ccccc1)C1CCCN(c2nc3ccc(Cl)cc3[nH]2)C1. The molecule has 1 unspecified atom stereocenters. The predicted octanol–water partition coefficient (Wildman–Crippen LogP) is 3.75. The first kappa shape index (κ1) is 16.9. The summed E-state index contributed by atoms with van der Waals surface area (Å²) in [5.74, 6) is 0.893. The molecular weight excluding hydrogens is 348 g/mol. The number of aromatic amines is 1. The summed E-state index contributed by atoms with van der Waals surface area (Å²) in [4.78, 5) is 22.7. The van der Waals surface area contributed by atoms with Crippen LogP contribution in [0.3, 0.4) is 0 Å². The lowest BCUT2D eigenvalue weighted by Crippen LogP contribution is -2.43. The standard InChI is InChI=1S/C20H21ClN4O/c21-16-8-9-17-18(11-16)24-20(23-17)25-10-4-7-15(13-25)19(26)22-12-14-5-2-1-3-6-14/h1-3,5-6,8-9,11,15H,4,7,10,12-13H2,(H,22,26)(H,23,24). The molecule has 5 nitrogen and oxygen atoms in total. The lowest BCUT2D eigenvalue weighted by atomic mass is 9.97. The second-order valence-electron chi connectivity index (χ2n) is 6.71. The van der Waals surface area contributed by atoms with Gasteiger partial charge in [0.15, 0.2) is 0 Å². The van der Waals surface area contributed by atoms with Gasteiger partial charge < -0.3 is 15.2 Å². The normalized spacial score (nSPS) is 17.4. The number of amides is 1. The number of anilines is 1. The molecule has 1 atom stereocenters. The molecule has 0 spiro atoms. The van der Waals surface area contributed by atoms with Crippen molar-refractivity contribution in [3.63, 3.8) is 0 Å². The van der Waals surface area contributed by atoms with Crippen LogP contribution in [0.25, 0.3) is 11.0 Å². The number of halogens is 1. The van der Waals surface area contributed by atoms with E-state index >= 15 is 0 Å². The minimum absolute atomic E-state index is 0.0238. The minimum Gasteiger partial charge on any atom is -0.352 e. The van der Waals surface area contributed by atoms with Crippen molar-refractivity contribution in [2.75, 3.05) is 18.0 Å². The molecule has 3 aromatic rings. The summed E-state index contributed by atoms with van der Waals surface area (Å²) in [5.41, 5.74) is 2.92. The molecule has 4 rings (SSSR count). The molecule has 2 heterocycles. The van der Waals surface area contributed by atoms with E-state index in [0.717, 1.165) is 41.9 Å². The molecule has 1 aliphatic rings. The van der Waals surface area contributed by atoms with E-state index in [-0.39, 0.29) is 11.8 Å². The van der Waals surface area contributed by atoms with Gasteiger partial charge in [-0.25, -0.2) is 4.98 Å². The van der Waals surface area contributed by atoms with Crippen LogP contribution >= 0.6 is 11.6 Å². The van der Waals surface area contributed by atoms with Gasteiger partial charge in [0.1, 0.15) is 0 Å². The Morgan fingerprint density at radius 2 is 2.12 bits per heavy atom. The molecule has 2 aromatic carbocycles. The zero-order chi connectivity index (χ0) is 17.9. The second kappa shape index (κ2) is 7.38. The van der Waals surface area contributed by atoms with Crippen molar-refractivity contribution in [3.05, 3.63) is 59.1 Å². The highest BCUT2D eigenvalue weighted by molar-refractivity contribution is 6.31. The number of benzene rings is 2. The molecule has 1 aromatic heterocycles. The Labute approximate surface area is 157 Å². The maximum Gasteiger partial charge on any atom is 0.225 e. The fourth-order valence-electron chi connectivity index (χ4n) is 3.43. The van der Waals surface area contributed by atoms with Crippen molar-refractivity contribution < 1.29 is 4.79 Å². The number of fused-ring (bicyclic) bond motifs is 1. The zero-order valence-corrected chi connectivity index (χ0v) is 15.2. The number of rotatable bonds is 4. The third kappa shape index (κ3) is 3.68. The molecule has 1 aliphatic heterocycles. The van der Waals surface area contributed by atoms with Crippen LogP contribution in [0, 0.1) is 5.92 Å². The van der Waals surface area contributed by atoms with Crippen molar-refractivity contribution in [1.82, 2.24) is 15.3 Å². The Kier molecular flexibility index (Phi) is 4.80. The van der Waals surface area contributed by atoms with Gasteiger partial charge in [-0.15, -0.1) is 0 Å².